The maximum absolute atomic E-state index is 11.4. The predicted molar refractivity (Wildman–Crippen MR) is 62.6 cm³/mol. The number of ether oxygens (including phenoxy) is 1. The van der Waals surface area contributed by atoms with Crippen LogP contribution in [0.4, 0.5) is 0 Å². The summed E-state index contributed by atoms with van der Waals surface area (Å²) < 4.78 is 10.3. The number of aryl methyl sites for hydroxylation is 1. The van der Waals surface area contributed by atoms with E-state index in [0.29, 0.717) is 12.4 Å². The zero-order valence-corrected chi connectivity index (χ0v) is 9.77. The lowest BCUT2D eigenvalue weighted by molar-refractivity contribution is 0.0491. The van der Waals surface area contributed by atoms with Gasteiger partial charge in [-0.2, -0.15) is 0 Å². The molecule has 0 aromatic carbocycles. The molecule has 4 heteroatoms. The Morgan fingerprint density at radius 2 is 2.24 bits per heavy atom. The third-order valence-electron chi connectivity index (χ3n) is 2.26. The SMILES string of the molecule is CCOC(=O)c1ccc(-c2ccnc(C)c2)o1. The molecule has 17 heavy (non-hydrogen) atoms. The summed E-state index contributed by atoms with van der Waals surface area (Å²) in [6.07, 6.45) is 1.71. The molecule has 0 radical (unpaired) electrons. The summed E-state index contributed by atoms with van der Waals surface area (Å²) in [6.45, 7) is 4.00. The van der Waals surface area contributed by atoms with Gasteiger partial charge in [-0.3, -0.25) is 4.98 Å². The molecule has 0 fully saturated rings. The van der Waals surface area contributed by atoms with E-state index in [9.17, 15) is 4.79 Å². The van der Waals surface area contributed by atoms with E-state index in [2.05, 4.69) is 4.98 Å². The standard InChI is InChI=1S/C13H13NO3/c1-3-16-13(15)12-5-4-11(17-12)10-6-7-14-9(2)8-10/h4-8H,3H2,1-2H3. The number of furan rings is 1. The molecule has 0 unspecified atom stereocenters. The normalized spacial score (nSPS) is 10.2. The summed E-state index contributed by atoms with van der Waals surface area (Å²) in [5.41, 5.74) is 1.80. The van der Waals surface area contributed by atoms with E-state index < -0.39 is 5.97 Å². The Hall–Kier alpha value is -2.10. The Kier molecular flexibility index (Phi) is 3.23. The second kappa shape index (κ2) is 4.82. The molecule has 0 atom stereocenters. The highest BCUT2D eigenvalue weighted by atomic mass is 16.5. The molecule has 0 saturated heterocycles. The molecule has 0 bridgehead atoms. The van der Waals surface area contributed by atoms with Crippen molar-refractivity contribution >= 4 is 5.97 Å². The monoisotopic (exact) mass is 231 g/mol. The van der Waals surface area contributed by atoms with Crippen LogP contribution in [0.3, 0.4) is 0 Å². The largest absolute Gasteiger partial charge is 0.460 e. The van der Waals surface area contributed by atoms with Crippen LogP contribution in [0, 0.1) is 6.92 Å². The molecule has 0 amide bonds. The maximum atomic E-state index is 11.4. The summed E-state index contributed by atoms with van der Waals surface area (Å²) in [4.78, 5) is 15.5. The minimum Gasteiger partial charge on any atom is -0.460 e. The van der Waals surface area contributed by atoms with Crippen molar-refractivity contribution in [2.24, 2.45) is 0 Å². The van der Waals surface area contributed by atoms with Crippen molar-refractivity contribution in [2.45, 2.75) is 13.8 Å². The number of hydrogen-bond donors (Lipinski definition) is 0. The smallest absolute Gasteiger partial charge is 0.374 e. The Morgan fingerprint density at radius 3 is 2.94 bits per heavy atom. The highest BCUT2D eigenvalue weighted by Gasteiger charge is 2.12. The fraction of sp³-hybridized carbons (Fsp3) is 0.231. The van der Waals surface area contributed by atoms with Crippen LogP contribution in [0.5, 0.6) is 0 Å². The maximum Gasteiger partial charge on any atom is 0.374 e. The van der Waals surface area contributed by atoms with Gasteiger partial charge in [-0.1, -0.05) is 0 Å². The quantitative estimate of drug-likeness (QED) is 0.762. The van der Waals surface area contributed by atoms with Gasteiger partial charge in [0.2, 0.25) is 5.76 Å². The number of esters is 1. The number of carbonyl (C=O) groups excluding carboxylic acids is 1. The Labute approximate surface area is 99.2 Å². The summed E-state index contributed by atoms with van der Waals surface area (Å²) in [5, 5.41) is 0. The van der Waals surface area contributed by atoms with Gasteiger partial charge >= 0.3 is 5.97 Å². The Balaban J connectivity index is 2.27. The number of pyridine rings is 1. The number of rotatable bonds is 3. The minimum absolute atomic E-state index is 0.219. The molecule has 0 N–H and O–H groups in total. The van der Waals surface area contributed by atoms with Crippen LogP contribution in [0.2, 0.25) is 0 Å². The molecule has 4 nitrogen and oxygen atoms in total. The van der Waals surface area contributed by atoms with E-state index >= 15 is 0 Å². The Morgan fingerprint density at radius 1 is 1.41 bits per heavy atom. The number of carbonyl (C=O) groups is 1. The van der Waals surface area contributed by atoms with Crippen molar-refractivity contribution in [2.75, 3.05) is 6.61 Å². The van der Waals surface area contributed by atoms with E-state index in [4.69, 9.17) is 9.15 Å². The van der Waals surface area contributed by atoms with Gasteiger partial charge < -0.3 is 9.15 Å². The van der Waals surface area contributed by atoms with Crippen molar-refractivity contribution in [1.82, 2.24) is 4.98 Å². The fourth-order valence-corrected chi connectivity index (χ4v) is 1.50. The summed E-state index contributed by atoms with van der Waals surface area (Å²) in [7, 11) is 0. The van der Waals surface area contributed by atoms with Gasteiger partial charge in [-0.15, -0.1) is 0 Å². The number of hydrogen-bond acceptors (Lipinski definition) is 4. The van der Waals surface area contributed by atoms with Crippen molar-refractivity contribution in [3.8, 4) is 11.3 Å². The summed E-state index contributed by atoms with van der Waals surface area (Å²) >= 11 is 0. The molecule has 0 spiro atoms. The van der Waals surface area contributed by atoms with Gasteiger partial charge in [0.25, 0.3) is 0 Å². The molecule has 0 aliphatic heterocycles. The van der Waals surface area contributed by atoms with E-state index in [1.807, 2.05) is 19.1 Å². The second-order valence-corrected chi connectivity index (χ2v) is 3.57. The highest BCUT2D eigenvalue weighted by molar-refractivity contribution is 5.87. The molecular formula is C13H13NO3. The lowest BCUT2D eigenvalue weighted by Gasteiger charge is -1.99. The zero-order chi connectivity index (χ0) is 12.3. The third-order valence-corrected chi connectivity index (χ3v) is 2.26. The van der Waals surface area contributed by atoms with Gasteiger partial charge in [-0.05, 0) is 38.1 Å². The fourth-order valence-electron chi connectivity index (χ4n) is 1.50. The van der Waals surface area contributed by atoms with E-state index in [1.165, 1.54) is 0 Å². The van der Waals surface area contributed by atoms with Crippen LogP contribution in [0.15, 0.2) is 34.9 Å². The van der Waals surface area contributed by atoms with Crippen LogP contribution in [0.25, 0.3) is 11.3 Å². The van der Waals surface area contributed by atoms with E-state index in [-0.39, 0.29) is 5.76 Å². The topological polar surface area (TPSA) is 52.3 Å². The van der Waals surface area contributed by atoms with Crippen LogP contribution in [-0.2, 0) is 4.74 Å². The molecule has 0 saturated carbocycles. The van der Waals surface area contributed by atoms with Crippen LogP contribution < -0.4 is 0 Å². The van der Waals surface area contributed by atoms with Gasteiger partial charge in [-0.25, -0.2) is 4.79 Å². The van der Waals surface area contributed by atoms with Gasteiger partial charge in [0.1, 0.15) is 5.76 Å². The second-order valence-electron chi connectivity index (χ2n) is 3.57. The van der Waals surface area contributed by atoms with Crippen molar-refractivity contribution < 1.29 is 13.9 Å². The first kappa shape index (κ1) is 11.4. The van der Waals surface area contributed by atoms with Crippen LogP contribution >= 0.6 is 0 Å². The first-order valence-corrected chi connectivity index (χ1v) is 5.40. The van der Waals surface area contributed by atoms with E-state index in [1.54, 1.807) is 25.3 Å². The molecular weight excluding hydrogens is 218 g/mol. The van der Waals surface area contributed by atoms with Crippen molar-refractivity contribution in [3.05, 3.63) is 41.9 Å². The van der Waals surface area contributed by atoms with E-state index in [0.717, 1.165) is 11.3 Å². The van der Waals surface area contributed by atoms with Crippen molar-refractivity contribution in [3.63, 3.8) is 0 Å². The molecule has 2 rings (SSSR count). The van der Waals surface area contributed by atoms with Crippen LogP contribution in [0.1, 0.15) is 23.2 Å². The molecule has 88 valence electrons. The molecule has 0 aliphatic carbocycles. The third kappa shape index (κ3) is 2.53. The molecule has 2 aromatic rings. The van der Waals surface area contributed by atoms with Gasteiger partial charge in [0.05, 0.1) is 6.61 Å². The number of aromatic nitrogens is 1. The van der Waals surface area contributed by atoms with Crippen molar-refractivity contribution in [1.29, 1.82) is 0 Å². The predicted octanol–water partition coefficient (Wildman–Crippen LogP) is 2.83. The first-order valence-electron chi connectivity index (χ1n) is 5.40. The molecule has 2 heterocycles. The lowest BCUT2D eigenvalue weighted by atomic mass is 10.2. The first-order chi connectivity index (χ1) is 8.20. The average Bonchev–Trinajstić information content (AvgIpc) is 2.78. The average molecular weight is 231 g/mol. The lowest BCUT2D eigenvalue weighted by Crippen LogP contribution is -2.02. The molecule has 0 aliphatic rings. The van der Waals surface area contributed by atoms with Gasteiger partial charge in [0.15, 0.2) is 0 Å². The summed E-state index contributed by atoms with van der Waals surface area (Å²) in [5.74, 6) is 0.416. The van der Waals surface area contributed by atoms with Crippen LogP contribution in [-0.4, -0.2) is 17.6 Å². The highest BCUT2D eigenvalue weighted by Crippen LogP contribution is 2.22. The Bertz CT molecular complexity index is 531. The van der Waals surface area contributed by atoms with Gasteiger partial charge in [0, 0.05) is 17.5 Å². The zero-order valence-electron chi connectivity index (χ0n) is 9.77. The molecule has 2 aromatic heterocycles. The number of nitrogens with zero attached hydrogens (tertiary/aromatic N) is 1. The minimum atomic E-state index is -0.440. The summed E-state index contributed by atoms with van der Waals surface area (Å²) in [6, 6.07) is 7.10.